The lowest BCUT2D eigenvalue weighted by Crippen LogP contribution is -2.39. The zero-order valence-electron chi connectivity index (χ0n) is 19.4. The van der Waals surface area contributed by atoms with Crippen molar-refractivity contribution in [3.63, 3.8) is 0 Å². The summed E-state index contributed by atoms with van der Waals surface area (Å²) in [7, 11) is 1.34. The molecule has 0 saturated carbocycles. The fourth-order valence-electron chi connectivity index (χ4n) is 4.31. The summed E-state index contributed by atoms with van der Waals surface area (Å²) in [6.07, 6.45) is -0.875. The predicted octanol–water partition coefficient (Wildman–Crippen LogP) is 4.71. The Hall–Kier alpha value is -3.64. The molecular weight excluding hydrogens is 430 g/mol. The van der Waals surface area contributed by atoms with E-state index in [0.717, 1.165) is 16.7 Å². The van der Waals surface area contributed by atoms with E-state index < -0.39 is 18.2 Å². The van der Waals surface area contributed by atoms with Crippen LogP contribution in [-0.2, 0) is 25.4 Å². The number of carbonyl (C=O) groups is 2. The molecule has 176 valence electrons. The molecule has 0 fully saturated rings. The molecule has 2 atom stereocenters. The topological polar surface area (TPSA) is 73.9 Å². The Balaban J connectivity index is 1.30. The van der Waals surface area contributed by atoms with Gasteiger partial charge in [-0.25, -0.2) is 9.59 Å². The van der Waals surface area contributed by atoms with Crippen LogP contribution in [0.5, 0.6) is 0 Å². The number of methoxy groups -OCH3 is 1. The lowest BCUT2D eigenvalue weighted by atomic mass is 9.98. The largest absolute Gasteiger partial charge is 0.467 e. The highest BCUT2D eigenvalue weighted by Gasteiger charge is 2.29. The van der Waals surface area contributed by atoms with E-state index in [0.29, 0.717) is 6.42 Å². The van der Waals surface area contributed by atoms with E-state index in [9.17, 15) is 9.59 Å². The molecule has 1 aliphatic rings. The molecule has 0 aromatic heterocycles. The second-order valence-corrected chi connectivity index (χ2v) is 8.41. The Morgan fingerprint density at radius 2 is 1.47 bits per heavy atom. The van der Waals surface area contributed by atoms with Crippen molar-refractivity contribution in [3.05, 3.63) is 95.6 Å². The summed E-state index contributed by atoms with van der Waals surface area (Å²) in [5, 5.41) is 2.79. The monoisotopic (exact) mass is 459 g/mol. The minimum absolute atomic E-state index is 0.000664. The summed E-state index contributed by atoms with van der Waals surface area (Å²) >= 11 is 0. The minimum Gasteiger partial charge on any atom is -0.467 e. The van der Waals surface area contributed by atoms with Gasteiger partial charge >= 0.3 is 12.1 Å². The standard InChI is InChI=1S/C28H29NO5/c1-19(17-33-26(27(30)32-2)16-20-10-4-3-5-11-20)29-28(31)34-18-25-23-14-8-6-12-21(23)22-13-7-9-15-24(22)25/h3-15,19,25-26H,16-18H2,1-2H3,(H,29,31)/t19-,26-/m0/s1. The van der Waals surface area contributed by atoms with Crippen molar-refractivity contribution in [1.29, 1.82) is 0 Å². The number of rotatable bonds is 9. The summed E-state index contributed by atoms with van der Waals surface area (Å²) in [5.41, 5.74) is 5.65. The van der Waals surface area contributed by atoms with Crippen LogP contribution in [0.3, 0.4) is 0 Å². The number of ether oxygens (including phenoxy) is 3. The van der Waals surface area contributed by atoms with Crippen molar-refractivity contribution in [2.45, 2.75) is 31.4 Å². The van der Waals surface area contributed by atoms with Crippen LogP contribution in [0.25, 0.3) is 11.1 Å². The summed E-state index contributed by atoms with van der Waals surface area (Å²) in [6, 6.07) is 25.6. The van der Waals surface area contributed by atoms with Crippen molar-refractivity contribution in [2.24, 2.45) is 0 Å². The maximum Gasteiger partial charge on any atom is 0.407 e. The van der Waals surface area contributed by atoms with E-state index in [2.05, 4.69) is 29.6 Å². The number of carbonyl (C=O) groups excluding carboxylic acids is 2. The van der Waals surface area contributed by atoms with Crippen LogP contribution in [-0.4, -0.2) is 44.5 Å². The zero-order chi connectivity index (χ0) is 23.9. The number of hydrogen-bond donors (Lipinski definition) is 1. The third kappa shape index (κ3) is 5.46. The Kier molecular flexibility index (Phi) is 7.60. The van der Waals surface area contributed by atoms with Crippen LogP contribution < -0.4 is 5.32 Å². The van der Waals surface area contributed by atoms with Gasteiger partial charge < -0.3 is 19.5 Å². The van der Waals surface area contributed by atoms with Crippen LogP contribution in [0.1, 0.15) is 29.5 Å². The normalized spacial score (nSPS) is 13.9. The minimum atomic E-state index is -0.751. The molecule has 34 heavy (non-hydrogen) atoms. The molecule has 6 nitrogen and oxygen atoms in total. The first-order chi connectivity index (χ1) is 16.6. The molecule has 0 radical (unpaired) electrons. The third-order valence-corrected chi connectivity index (χ3v) is 5.98. The molecule has 0 aliphatic heterocycles. The average molecular weight is 460 g/mol. The Bertz CT molecular complexity index is 1080. The van der Waals surface area contributed by atoms with E-state index in [1.165, 1.54) is 18.2 Å². The highest BCUT2D eigenvalue weighted by Crippen LogP contribution is 2.44. The van der Waals surface area contributed by atoms with Gasteiger partial charge in [0.15, 0.2) is 6.10 Å². The molecule has 0 heterocycles. The number of benzene rings is 3. The van der Waals surface area contributed by atoms with Crippen LogP contribution in [0.4, 0.5) is 4.79 Å². The predicted molar refractivity (Wildman–Crippen MR) is 130 cm³/mol. The summed E-state index contributed by atoms with van der Waals surface area (Å²) in [5.74, 6) is -0.448. The number of nitrogens with one attached hydrogen (secondary N) is 1. The van der Waals surface area contributed by atoms with Gasteiger partial charge in [0.2, 0.25) is 0 Å². The van der Waals surface area contributed by atoms with Crippen LogP contribution in [0, 0.1) is 0 Å². The molecule has 0 saturated heterocycles. The van der Waals surface area contributed by atoms with Gasteiger partial charge in [-0.3, -0.25) is 0 Å². The van der Waals surface area contributed by atoms with E-state index in [-0.39, 0.29) is 25.2 Å². The lowest BCUT2D eigenvalue weighted by Gasteiger charge is -2.20. The van der Waals surface area contributed by atoms with Crippen molar-refractivity contribution in [3.8, 4) is 11.1 Å². The second kappa shape index (κ2) is 11.0. The van der Waals surface area contributed by atoms with Crippen LogP contribution in [0.15, 0.2) is 78.9 Å². The number of amides is 1. The summed E-state index contributed by atoms with van der Waals surface area (Å²) < 4.78 is 16.2. The lowest BCUT2D eigenvalue weighted by molar-refractivity contribution is -0.154. The molecule has 0 spiro atoms. The number of fused-ring (bicyclic) bond motifs is 3. The Morgan fingerprint density at radius 3 is 2.09 bits per heavy atom. The van der Waals surface area contributed by atoms with E-state index >= 15 is 0 Å². The zero-order valence-corrected chi connectivity index (χ0v) is 19.4. The fraction of sp³-hybridized carbons (Fsp3) is 0.286. The van der Waals surface area contributed by atoms with Gasteiger partial charge in [0.05, 0.1) is 19.8 Å². The maximum absolute atomic E-state index is 12.5. The molecule has 1 aliphatic carbocycles. The first-order valence-corrected chi connectivity index (χ1v) is 11.4. The van der Waals surface area contributed by atoms with Crippen molar-refractivity contribution in [1.82, 2.24) is 5.32 Å². The van der Waals surface area contributed by atoms with E-state index in [1.807, 2.05) is 54.6 Å². The molecular formula is C28H29NO5. The Labute approximate surface area is 199 Å². The van der Waals surface area contributed by atoms with Gasteiger partial charge in [-0.05, 0) is 34.7 Å². The Morgan fingerprint density at radius 1 is 0.882 bits per heavy atom. The van der Waals surface area contributed by atoms with E-state index in [4.69, 9.17) is 14.2 Å². The van der Waals surface area contributed by atoms with Crippen molar-refractivity contribution >= 4 is 12.1 Å². The molecule has 1 N–H and O–H groups in total. The first kappa shape index (κ1) is 23.5. The van der Waals surface area contributed by atoms with Gasteiger partial charge in [-0.2, -0.15) is 0 Å². The maximum atomic E-state index is 12.5. The van der Waals surface area contributed by atoms with Gasteiger partial charge in [-0.1, -0.05) is 78.9 Å². The quantitative estimate of drug-likeness (QED) is 0.469. The molecule has 0 bridgehead atoms. The fourth-order valence-corrected chi connectivity index (χ4v) is 4.31. The molecule has 3 aromatic rings. The van der Waals surface area contributed by atoms with E-state index in [1.54, 1.807) is 6.92 Å². The smallest absolute Gasteiger partial charge is 0.407 e. The number of alkyl carbamates (subject to hydrolysis) is 1. The molecule has 4 rings (SSSR count). The van der Waals surface area contributed by atoms with Crippen LogP contribution in [0.2, 0.25) is 0 Å². The average Bonchev–Trinajstić information content (AvgIpc) is 3.19. The molecule has 0 unspecified atom stereocenters. The molecule has 3 aromatic carbocycles. The SMILES string of the molecule is COC(=O)[C@H](Cc1ccccc1)OC[C@H](C)NC(=O)OCC1c2ccccc2-c2ccccc21. The van der Waals surface area contributed by atoms with Gasteiger partial charge in [0.1, 0.15) is 6.61 Å². The van der Waals surface area contributed by atoms with Crippen molar-refractivity contribution < 1.29 is 23.8 Å². The summed E-state index contributed by atoms with van der Waals surface area (Å²) in [4.78, 5) is 24.6. The van der Waals surface area contributed by atoms with Crippen molar-refractivity contribution in [2.75, 3.05) is 20.3 Å². The van der Waals surface area contributed by atoms with Gasteiger partial charge in [0.25, 0.3) is 0 Å². The van der Waals surface area contributed by atoms with Gasteiger partial charge in [0, 0.05) is 12.3 Å². The second-order valence-electron chi connectivity index (χ2n) is 8.41. The highest BCUT2D eigenvalue weighted by atomic mass is 16.6. The number of hydrogen-bond acceptors (Lipinski definition) is 5. The van der Waals surface area contributed by atoms with Crippen LogP contribution >= 0.6 is 0 Å². The number of esters is 1. The third-order valence-electron chi connectivity index (χ3n) is 5.98. The van der Waals surface area contributed by atoms with Gasteiger partial charge in [-0.15, -0.1) is 0 Å². The molecule has 1 amide bonds. The highest BCUT2D eigenvalue weighted by molar-refractivity contribution is 5.79. The molecule has 6 heteroatoms. The summed E-state index contributed by atoms with van der Waals surface area (Å²) in [6.45, 7) is 2.20. The first-order valence-electron chi connectivity index (χ1n) is 11.4.